The summed E-state index contributed by atoms with van der Waals surface area (Å²) in [5, 5.41) is 11.3. The average Bonchev–Trinajstić information content (AvgIpc) is 3.15. The van der Waals surface area contributed by atoms with E-state index in [1.54, 1.807) is 31.2 Å². The molecule has 2 aromatic rings. The highest BCUT2D eigenvalue weighted by Gasteiger charge is 2.45. The van der Waals surface area contributed by atoms with Crippen LogP contribution in [-0.2, 0) is 4.79 Å². The number of hydrogen-bond acceptors (Lipinski definition) is 7. The lowest BCUT2D eigenvalue weighted by molar-refractivity contribution is -0.118. The van der Waals surface area contributed by atoms with Crippen molar-refractivity contribution in [3.8, 4) is 6.07 Å². The van der Waals surface area contributed by atoms with Crippen LogP contribution in [0.15, 0.2) is 63.7 Å². The molecule has 31 heavy (non-hydrogen) atoms. The summed E-state index contributed by atoms with van der Waals surface area (Å²) in [5.74, 6) is 0.0218. The first kappa shape index (κ1) is 20.4. The molecular formula is C23H23N5O3. The Morgan fingerprint density at radius 1 is 1.29 bits per heavy atom. The standard InChI is InChI=1S/C23H23N5O3/c1-13-4-5-18(31-13)19-15(12-24)21(25)28(27-22(30)14-6-8-26-9-7-14)16-10-23(2,3)11-17(29)20(16)19/h4-9,19H,10-11,25H2,1-3H3,(H,27,30). The van der Waals surface area contributed by atoms with Crippen molar-refractivity contribution >= 4 is 11.7 Å². The number of nitriles is 1. The van der Waals surface area contributed by atoms with Gasteiger partial charge in [0.15, 0.2) is 5.78 Å². The van der Waals surface area contributed by atoms with Crippen LogP contribution in [0.4, 0.5) is 0 Å². The maximum Gasteiger partial charge on any atom is 0.270 e. The quantitative estimate of drug-likeness (QED) is 0.786. The van der Waals surface area contributed by atoms with Gasteiger partial charge in [0, 0.05) is 30.0 Å². The summed E-state index contributed by atoms with van der Waals surface area (Å²) in [6.45, 7) is 5.78. The van der Waals surface area contributed by atoms with Crippen LogP contribution in [0, 0.1) is 23.7 Å². The van der Waals surface area contributed by atoms with Crippen LogP contribution in [0.3, 0.4) is 0 Å². The van der Waals surface area contributed by atoms with Crippen molar-refractivity contribution in [2.24, 2.45) is 11.1 Å². The lowest BCUT2D eigenvalue weighted by atomic mass is 9.70. The molecule has 2 aromatic heterocycles. The van der Waals surface area contributed by atoms with Gasteiger partial charge >= 0.3 is 0 Å². The molecule has 0 saturated heterocycles. The summed E-state index contributed by atoms with van der Waals surface area (Å²) < 4.78 is 5.80. The van der Waals surface area contributed by atoms with Gasteiger partial charge in [-0.15, -0.1) is 0 Å². The summed E-state index contributed by atoms with van der Waals surface area (Å²) >= 11 is 0. The van der Waals surface area contributed by atoms with E-state index in [0.717, 1.165) is 0 Å². The molecule has 1 aliphatic heterocycles. The lowest BCUT2D eigenvalue weighted by Crippen LogP contribution is -2.49. The molecule has 0 spiro atoms. The number of nitrogens with one attached hydrogen (secondary N) is 1. The molecule has 1 atom stereocenters. The summed E-state index contributed by atoms with van der Waals surface area (Å²) in [6, 6.07) is 8.83. The molecule has 0 fully saturated rings. The summed E-state index contributed by atoms with van der Waals surface area (Å²) in [4.78, 5) is 30.1. The lowest BCUT2D eigenvalue weighted by Gasteiger charge is -2.42. The molecule has 2 aliphatic rings. The third-order valence-corrected chi connectivity index (χ3v) is 5.58. The third-order valence-electron chi connectivity index (χ3n) is 5.58. The number of nitrogens with two attached hydrogens (primary N) is 1. The highest BCUT2D eigenvalue weighted by atomic mass is 16.3. The van der Waals surface area contributed by atoms with E-state index < -0.39 is 11.8 Å². The number of furan rings is 1. The first-order chi connectivity index (χ1) is 14.7. The molecule has 1 amide bonds. The fourth-order valence-electron chi connectivity index (χ4n) is 4.20. The molecule has 3 N–H and O–H groups in total. The van der Waals surface area contributed by atoms with Gasteiger partial charge in [0.2, 0.25) is 0 Å². The molecule has 158 valence electrons. The van der Waals surface area contributed by atoms with E-state index >= 15 is 0 Å². The summed E-state index contributed by atoms with van der Waals surface area (Å²) in [7, 11) is 0. The number of Topliss-reactive ketones (excluding diaryl/α,β-unsaturated/α-hetero) is 1. The predicted octanol–water partition coefficient (Wildman–Crippen LogP) is 3.06. The van der Waals surface area contributed by atoms with E-state index in [1.807, 2.05) is 13.8 Å². The van der Waals surface area contributed by atoms with Crippen LogP contribution in [0.25, 0.3) is 0 Å². The number of rotatable bonds is 3. The van der Waals surface area contributed by atoms with Gasteiger partial charge in [-0.05, 0) is 43.0 Å². The molecule has 4 rings (SSSR count). The number of aryl methyl sites for hydroxylation is 1. The second-order valence-electron chi connectivity index (χ2n) is 8.61. The molecule has 0 aromatic carbocycles. The van der Waals surface area contributed by atoms with E-state index in [2.05, 4.69) is 16.5 Å². The van der Waals surface area contributed by atoms with Crippen LogP contribution >= 0.6 is 0 Å². The summed E-state index contributed by atoms with van der Waals surface area (Å²) in [6.07, 6.45) is 3.85. The van der Waals surface area contributed by atoms with Crippen molar-refractivity contribution < 1.29 is 14.0 Å². The van der Waals surface area contributed by atoms with Gasteiger partial charge in [0.1, 0.15) is 17.3 Å². The Kier molecular flexibility index (Phi) is 4.90. The largest absolute Gasteiger partial charge is 0.465 e. The first-order valence-electron chi connectivity index (χ1n) is 9.95. The topological polar surface area (TPSA) is 125 Å². The average molecular weight is 417 g/mol. The number of aromatic nitrogens is 1. The second-order valence-corrected chi connectivity index (χ2v) is 8.61. The van der Waals surface area contributed by atoms with Crippen molar-refractivity contribution in [2.75, 3.05) is 0 Å². The monoisotopic (exact) mass is 417 g/mol. The number of ketones is 1. The maximum atomic E-state index is 13.3. The molecule has 0 bridgehead atoms. The normalized spacial score (nSPS) is 20.4. The molecule has 0 saturated carbocycles. The highest BCUT2D eigenvalue weighted by Crippen LogP contribution is 2.48. The summed E-state index contributed by atoms with van der Waals surface area (Å²) in [5.41, 5.74) is 10.4. The van der Waals surface area contributed by atoms with E-state index in [1.165, 1.54) is 17.4 Å². The number of pyridine rings is 1. The molecule has 0 radical (unpaired) electrons. The third kappa shape index (κ3) is 3.59. The number of amides is 1. The van der Waals surface area contributed by atoms with Crippen molar-refractivity contribution in [2.45, 2.75) is 39.5 Å². The minimum atomic E-state index is -0.702. The van der Waals surface area contributed by atoms with Gasteiger partial charge in [0.05, 0.1) is 23.3 Å². The Bertz CT molecular complexity index is 1170. The number of nitrogens with zero attached hydrogens (tertiary/aromatic N) is 3. The smallest absolute Gasteiger partial charge is 0.270 e. The number of hydrogen-bond donors (Lipinski definition) is 2. The number of allylic oxidation sites excluding steroid dienone is 3. The van der Waals surface area contributed by atoms with Crippen molar-refractivity contribution in [3.05, 3.63) is 76.4 Å². The minimum Gasteiger partial charge on any atom is -0.465 e. The fraction of sp³-hybridized carbons (Fsp3) is 0.304. The van der Waals surface area contributed by atoms with E-state index in [4.69, 9.17) is 10.2 Å². The second kappa shape index (κ2) is 7.43. The predicted molar refractivity (Wildman–Crippen MR) is 112 cm³/mol. The van der Waals surface area contributed by atoms with Crippen LogP contribution in [-0.4, -0.2) is 21.7 Å². The van der Waals surface area contributed by atoms with Crippen LogP contribution in [0.5, 0.6) is 0 Å². The highest BCUT2D eigenvalue weighted by molar-refractivity contribution is 6.00. The zero-order valence-corrected chi connectivity index (χ0v) is 17.6. The van der Waals surface area contributed by atoms with E-state index in [0.29, 0.717) is 41.2 Å². The van der Waals surface area contributed by atoms with Gasteiger partial charge in [-0.25, -0.2) is 5.01 Å². The molecule has 3 heterocycles. The molecule has 8 heteroatoms. The van der Waals surface area contributed by atoms with Gasteiger partial charge < -0.3 is 10.2 Å². The fourth-order valence-corrected chi connectivity index (χ4v) is 4.20. The number of hydrazine groups is 1. The Hall–Kier alpha value is -3.86. The molecular weight excluding hydrogens is 394 g/mol. The van der Waals surface area contributed by atoms with Crippen LogP contribution < -0.4 is 11.2 Å². The Morgan fingerprint density at radius 3 is 2.61 bits per heavy atom. The van der Waals surface area contributed by atoms with Crippen LogP contribution in [0.2, 0.25) is 0 Å². The molecule has 8 nitrogen and oxygen atoms in total. The number of carbonyl (C=O) groups is 2. The SMILES string of the molecule is Cc1ccc(C2C(C#N)=C(N)N(NC(=O)c3ccncc3)C3=C2C(=O)CC(C)(C)C3)o1. The van der Waals surface area contributed by atoms with Gasteiger partial charge in [-0.1, -0.05) is 13.8 Å². The first-order valence-corrected chi connectivity index (χ1v) is 9.95. The Morgan fingerprint density at radius 2 is 2.00 bits per heavy atom. The Balaban J connectivity index is 1.86. The van der Waals surface area contributed by atoms with Crippen molar-refractivity contribution in [1.82, 2.24) is 15.4 Å². The zero-order chi connectivity index (χ0) is 22.3. The minimum absolute atomic E-state index is 0.0770. The van der Waals surface area contributed by atoms with Gasteiger partial charge in [-0.2, -0.15) is 5.26 Å². The van der Waals surface area contributed by atoms with E-state index in [-0.39, 0.29) is 22.6 Å². The molecule has 1 aliphatic carbocycles. The van der Waals surface area contributed by atoms with Crippen molar-refractivity contribution in [1.29, 1.82) is 5.26 Å². The Labute approximate surface area is 180 Å². The maximum absolute atomic E-state index is 13.3. The zero-order valence-electron chi connectivity index (χ0n) is 17.6. The van der Waals surface area contributed by atoms with Crippen molar-refractivity contribution in [3.63, 3.8) is 0 Å². The van der Waals surface area contributed by atoms with Gasteiger partial charge in [0.25, 0.3) is 5.91 Å². The number of carbonyl (C=O) groups excluding carboxylic acids is 2. The van der Waals surface area contributed by atoms with Crippen LogP contribution in [0.1, 0.15) is 54.5 Å². The van der Waals surface area contributed by atoms with E-state index in [9.17, 15) is 14.9 Å². The van der Waals surface area contributed by atoms with Gasteiger partial charge in [-0.3, -0.25) is 20.0 Å². The molecule has 1 unspecified atom stereocenters.